The molecule has 2 rings (SSSR count). The molecular formula is C18H22N2O5. The minimum absolute atomic E-state index is 0.194. The molecular weight excluding hydrogens is 324 g/mol. The summed E-state index contributed by atoms with van der Waals surface area (Å²) in [7, 11) is 0. The van der Waals surface area contributed by atoms with Crippen molar-refractivity contribution in [2.75, 3.05) is 0 Å². The Balaban J connectivity index is 2.04. The number of unbranched alkanes of at least 4 members (excludes halogenated alkanes) is 3. The summed E-state index contributed by atoms with van der Waals surface area (Å²) in [5.41, 5.74) is 0.388. The average Bonchev–Trinajstić information content (AvgIpc) is 2.82. The summed E-state index contributed by atoms with van der Waals surface area (Å²) in [6.45, 7) is 3.37. The summed E-state index contributed by atoms with van der Waals surface area (Å²) < 4.78 is 0. The lowest BCUT2D eigenvalue weighted by Gasteiger charge is -2.19. The molecule has 7 heteroatoms. The number of imide groups is 1. The van der Waals surface area contributed by atoms with Crippen molar-refractivity contribution in [3.8, 4) is 0 Å². The highest BCUT2D eigenvalue weighted by atomic mass is 16.7. The summed E-state index contributed by atoms with van der Waals surface area (Å²) in [5, 5.41) is 2.98. The van der Waals surface area contributed by atoms with E-state index < -0.39 is 23.8 Å². The molecule has 1 aliphatic heterocycles. The van der Waals surface area contributed by atoms with Gasteiger partial charge in [-0.25, -0.2) is 4.79 Å². The van der Waals surface area contributed by atoms with Crippen molar-refractivity contribution in [3.05, 3.63) is 35.4 Å². The Hall–Kier alpha value is -2.70. The molecule has 0 bridgehead atoms. The highest BCUT2D eigenvalue weighted by Crippen LogP contribution is 2.23. The lowest BCUT2D eigenvalue weighted by molar-refractivity contribution is -0.172. The molecule has 0 fully saturated rings. The second-order valence-electron chi connectivity index (χ2n) is 5.96. The van der Waals surface area contributed by atoms with Crippen molar-refractivity contribution in [2.24, 2.45) is 0 Å². The van der Waals surface area contributed by atoms with Gasteiger partial charge >= 0.3 is 5.97 Å². The zero-order chi connectivity index (χ0) is 18.4. The fourth-order valence-electron chi connectivity index (χ4n) is 2.67. The molecule has 1 aromatic rings. The van der Waals surface area contributed by atoms with Gasteiger partial charge in [0.1, 0.15) is 6.04 Å². The van der Waals surface area contributed by atoms with Gasteiger partial charge in [-0.05, 0) is 18.6 Å². The molecule has 1 atom stereocenters. The minimum atomic E-state index is -0.890. The van der Waals surface area contributed by atoms with Crippen LogP contribution in [0.4, 0.5) is 0 Å². The van der Waals surface area contributed by atoms with E-state index in [2.05, 4.69) is 12.2 Å². The first kappa shape index (κ1) is 18.6. The monoisotopic (exact) mass is 346 g/mol. The Kier molecular flexibility index (Phi) is 6.27. The Morgan fingerprint density at radius 2 is 1.68 bits per heavy atom. The molecule has 0 aliphatic carbocycles. The molecule has 1 heterocycles. The number of amides is 3. The van der Waals surface area contributed by atoms with Crippen LogP contribution in [0.5, 0.6) is 0 Å². The van der Waals surface area contributed by atoms with E-state index in [1.807, 2.05) is 0 Å². The van der Waals surface area contributed by atoms with Crippen LogP contribution in [0, 0.1) is 0 Å². The van der Waals surface area contributed by atoms with E-state index in [1.54, 1.807) is 12.1 Å². The van der Waals surface area contributed by atoms with Crippen LogP contribution in [0.15, 0.2) is 24.3 Å². The molecule has 0 radical (unpaired) electrons. The zero-order valence-corrected chi connectivity index (χ0v) is 14.4. The lowest BCUT2D eigenvalue weighted by atomic mass is 10.1. The van der Waals surface area contributed by atoms with Crippen LogP contribution in [-0.2, 0) is 14.4 Å². The van der Waals surface area contributed by atoms with Gasteiger partial charge in [0.15, 0.2) is 0 Å². The molecule has 0 aromatic heterocycles. The summed E-state index contributed by atoms with van der Waals surface area (Å²) in [5.74, 6) is -2.55. The van der Waals surface area contributed by atoms with E-state index >= 15 is 0 Å². The molecule has 1 aromatic carbocycles. The number of benzene rings is 1. The van der Waals surface area contributed by atoms with Gasteiger partial charge in [-0.3, -0.25) is 14.4 Å². The van der Waals surface area contributed by atoms with Crippen molar-refractivity contribution in [3.63, 3.8) is 0 Å². The summed E-state index contributed by atoms with van der Waals surface area (Å²) >= 11 is 0. The number of nitrogens with zero attached hydrogens (tertiary/aromatic N) is 1. The molecule has 25 heavy (non-hydrogen) atoms. The number of hydrogen-bond donors (Lipinski definition) is 1. The number of fused-ring (bicyclic) bond motifs is 1. The van der Waals surface area contributed by atoms with Crippen LogP contribution in [0.3, 0.4) is 0 Å². The van der Waals surface area contributed by atoms with Crippen molar-refractivity contribution < 1.29 is 24.0 Å². The van der Waals surface area contributed by atoms with Crippen LogP contribution in [0.25, 0.3) is 0 Å². The number of nitrogens with one attached hydrogen (secondary N) is 1. The predicted molar refractivity (Wildman–Crippen MR) is 89.4 cm³/mol. The summed E-state index contributed by atoms with van der Waals surface area (Å²) in [6.07, 6.45) is 4.12. The summed E-state index contributed by atoms with van der Waals surface area (Å²) in [6, 6.07) is 5.37. The van der Waals surface area contributed by atoms with Crippen LogP contribution >= 0.6 is 0 Å². The number of carbonyl (C=O) groups is 4. The van der Waals surface area contributed by atoms with Gasteiger partial charge in [0.25, 0.3) is 11.8 Å². The van der Waals surface area contributed by atoms with E-state index in [1.165, 1.54) is 19.1 Å². The third-order valence-corrected chi connectivity index (χ3v) is 3.95. The second kappa shape index (κ2) is 8.41. The largest absolute Gasteiger partial charge is 0.355 e. The van der Waals surface area contributed by atoms with Gasteiger partial charge in [-0.1, -0.05) is 49.8 Å². The third kappa shape index (κ3) is 4.43. The van der Waals surface area contributed by atoms with Crippen molar-refractivity contribution in [1.29, 1.82) is 0 Å². The van der Waals surface area contributed by atoms with Gasteiger partial charge in [0, 0.05) is 6.92 Å². The van der Waals surface area contributed by atoms with Gasteiger partial charge in [0.05, 0.1) is 11.1 Å². The minimum Gasteiger partial charge on any atom is -0.343 e. The Bertz CT molecular complexity index is 651. The van der Waals surface area contributed by atoms with Gasteiger partial charge in [0.2, 0.25) is 5.91 Å². The number of rotatable bonds is 8. The second-order valence-corrected chi connectivity index (χ2v) is 5.96. The molecule has 1 unspecified atom stereocenters. The van der Waals surface area contributed by atoms with Crippen LogP contribution in [0.1, 0.15) is 66.7 Å². The average molecular weight is 346 g/mol. The smallest absolute Gasteiger partial charge is 0.343 e. The highest BCUT2D eigenvalue weighted by Gasteiger charge is 2.39. The summed E-state index contributed by atoms with van der Waals surface area (Å²) in [4.78, 5) is 53.2. The van der Waals surface area contributed by atoms with Crippen molar-refractivity contribution in [2.45, 2.75) is 52.0 Å². The third-order valence-electron chi connectivity index (χ3n) is 3.95. The maximum absolute atomic E-state index is 12.4. The molecule has 1 N–H and O–H groups in total. The fraction of sp³-hybridized carbons (Fsp3) is 0.444. The van der Waals surface area contributed by atoms with Crippen LogP contribution in [0.2, 0.25) is 0 Å². The van der Waals surface area contributed by atoms with Crippen LogP contribution in [-0.4, -0.2) is 34.8 Å². The fourth-order valence-corrected chi connectivity index (χ4v) is 2.67. The van der Waals surface area contributed by atoms with E-state index in [0.717, 1.165) is 25.7 Å². The van der Waals surface area contributed by atoms with Crippen molar-refractivity contribution >= 4 is 23.7 Å². The molecule has 0 saturated carbocycles. The Morgan fingerprint density at radius 1 is 1.08 bits per heavy atom. The normalized spacial score (nSPS) is 14.2. The SMILES string of the molecule is CCCCCCC(NC(C)=O)C(=O)ON1C(=O)c2ccccc2C1=O. The van der Waals surface area contributed by atoms with Gasteiger partial charge < -0.3 is 10.2 Å². The Labute approximate surface area is 146 Å². The van der Waals surface area contributed by atoms with Crippen LogP contribution < -0.4 is 5.32 Å². The van der Waals surface area contributed by atoms with E-state index in [0.29, 0.717) is 11.5 Å². The standard InChI is InChI=1S/C18H22N2O5/c1-3-4-5-6-11-15(19-12(2)21)18(24)25-20-16(22)13-9-7-8-10-14(13)17(20)23/h7-10,15H,3-6,11H2,1-2H3,(H,19,21). The van der Waals surface area contributed by atoms with E-state index in [9.17, 15) is 19.2 Å². The first-order chi connectivity index (χ1) is 12.0. The lowest BCUT2D eigenvalue weighted by Crippen LogP contribution is -2.44. The number of carbonyl (C=O) groups excluding carboxylic acids is 4. The molecule has 1 aliphatic rings. The van der Waals surface area contributed by atoms with E-state index in [-0.39, 0.29) is 17.0 Å². The molecule has 7 nitrogen and oxygen atoms in total. The first-order valence-corrected chi connectivity index (χ1v) is 8.42. The number of hydroxylamine groups is 2. The maximum atomic E-state index is 12.4. The molecule has 0 spiro atoms. The first-order valence-electron chi connectivity index (χ1n) is 8.42. The van der Waals surface area contributed by atoms with E-state index in [4.69, 9.17) is 4.84 Å². The quantitative estimate of drug-likeness (QED) is 0.575. The molecule has 3 amide bonds. The van der Waals surface area contributed by atoms with Gasteiger partial charge in [-0.2, -0.15) is 0 Å². The molecule has 134 valence electrons. The Morgan fingerprint density at radius 3 is 2.20 bits per heavy atom. The van der Waals surface area contributed by atoms with Crippen molar-refractivity contribution in [1.82, 2.24) is 10.4 Å². The number of hydrogen-bond acceptors (Lipinski definition) is 5. The highest BCUT2D eigenvalue weighted by molar-refractivity contribution is 6.20. The zero-order valence-electron chi connectivity index (χ0n) is 14.4. The van der Waals surface area contributed by atoms with Gasteiger partial charge in [-0.15, -0.1) is 0 Å². The topological polar surface area (TPSA) is 92.8 Å². The molecule has 0 saturated heterocycles. The predicted octanol–water partition coefficient (Wildman–Crippen LogP) is 2.22. The maximum Gasteiger partial charge on any atom is 0.355 e.